The number of nitrogens with zero attached hydrogens (tertiary/aromatic N) is 1. The van der Waals surface area contributed by atoms with Crippen molar-refractivity contribution >= 4 is 12.1 Å². The van der Waals surface area contributed by atoms with E-state index in [1.807, 2.05) is 19.1 Å². The summed E-state index contributed by atoms with van der Waals surface area (Å²) in [4.78, 5) is 28.3. The number of benzene rings is 2. The van der Waals surface area contributed by atoms with Gasteiger partial charge in [0.15, 0.2) is 6.79 Å². The van der Waals surface area contributed by atoms with E-state index >= 15 is 0 Å². The first kappa shape index (κ1) is 29.9. The summed E-state index contributed by atoms with van der Waals surface area (Å²) >= 11 is 0. The maximum absolute atomic E-state index is 13.7. The zero-order valence-electron chi connectivity index (χ0n) is 22.8. The SMILES string of the molecule is COCOc1ccc(C(C)[C@@](C)(C(=O)OCCc2ccccc2O)N(COC)C(=O)OC(C)(C)C)cc1. The lowest BCUT2D eigenvalue weighted by Gasteiger charge is -2.43. The van der Waals surface area contributed by atoms with Gasteiger partial charge in [0, 0.05) is 26.6 Å². The summed E-state index contributed by atoms with van der Waals surface area (Å²) in [5.74, 6) is -0.423. The molecule has 37 heavy (non-hydrogen) atoms. The van der Waals surface area contributed by atoms with E-state index in [2.05, 4.69) is 0 Å². The number of hydrogen-bond acceptors (Lipinski definition) is 8. The van der Waals surface area contributed by atoms with Gasteiger partial charge in [-0.25, -0.2) is 9.59 Å². The Morgan fingerprint density at radius 1 is 0.973 bits per heavy atom. The highest BCUT2D eigenvalue weighted by Crippen LogP contribution is 2.36. The number of hydrogen-bond donors (Lipinski definition) is 1. The zero-order valence-corrected chi connectivity index (χ0v) is 22.8. The number of para-hydroxylation sites is 1. The van der Waals surface area contributed by atoms with E-state index in [0.29, 0.717) is 17.7 Å². The van der Waals surface area contributed by atoms with E-state index in [1.54, 1.807) is 64.1 Å². The number of phenols is 1. The van der Waals surface area contributed by atoms with E-state index in [0.717, 1.165) is 5.56 Å². The maximum atomic E-state index is 13.7. The third-order valence-corrected chi connectivity index (χ3v) is 6.01. The second-order valence-electron chi connectivity index (χ2n) is 9.83. The minimum atomic E-state index is -1.49. The second kappa shape index (κ2) is 13.3. The van der Waals surface area contributed by atoms with Gasteiger partial charge < -0.3 is 28.8 Å². The first-order chi connectivity index (χ1) is 17.4. The number of carbonyl (C=O) groups excluding carboxylic acids is 2. The summed E-state index contributed by atoms with van der Waals surface area (Å²) in [6, 6.07) is 14.0. The van der Waals surface area contributed by atoms with Gasteiger partial charge in [-0.15, -0.1) is 0 Å². The van der Waals surface area contributed by atoms with Crippen molar-refractivity contribution in [1.82, 2.24) is 4.90 Å². The molecule has 2 aromatic rings. The molecule has 1 amide bonds. The third kappa shape index (κ3) is 8.10. The summed E-state index contributed by atoms with van der Waals surface area (Å²) in [6.45, 7) is 8.65. The molecule has 1 N–H and O–H groups in total. The number of rotatable bonds is 12. The van der Waals surface area contributed by atoms with Crippen LogP contribution < -0.4 is 4.74 Å². The largest absolute Gasteiger partial charge is 0.508 e. The van der Waals surface area contributed by atoms with Crippen molar-refractivity contribution < 1.29 is 38.4 Å². The van der Waals surface area contributed by atoms with Crippen LogP contribution in [-0.2, 0) is 30.2 Å². The van der Waals surface area contributed by atoms with Crippen molar-refractivity contribution in [3.05, 3.63) is 59.7 Å². The summed E-state index contributed by atoms with van der Waals surface area (Å²) in [5, 5.41) is 10.0. The Balaban J connectivity index is 2.39. The van der Waals surface area contributed by atoms with Crippen LogP contribution in [0.2, 0.25) is 0 Å². The minimum absolute atomic E-state index is 0.0116. The molecule has 0 radical (unpaired) electrons. The van der Waals surface area contributed by atoms with Crippen LogP contribution in [0.25, 0.3) is 0 Å². The number of methoxy groups -OCH3 is 2. The van der Waals surface area contributed by atoms with Crippen molar-refractivity contribution in [2.75, 3.05) is 34.4 Å². The lowest BCUT2D eigenvalue weighted by molar-refractivity contribution is -0.162. The van der Waals surface area contributed by atoms with Crippen molar-refractivity contribution in [2.24, 2.45) is 0 Å². The van der Waals surface area contributed by atoms with Gasteiger partial charge in [0.1, 0.15) is 29.4 Å². The summed E-state index contributed by atoms with van der Waals surface area (Å²) in [6.07, 6.45) is -0.396. The van der Waals surface area contributed by atoms with Gasteiger partial charge in [0.2, 0.25) is 0 Å². The van der Waals surface area contributed by atoms with Crippen LogP contribution in [0.15, 0.2) is 48.5 Å². The molecule has 2 atom stereocenters. The Hall–Kier alpha value is -3.30. The average molecular weight is 518 g/mol. The molecule has 0 saturated carbocycles. The highest BCUT2D eigenvalue weighted by Gasteiger charge is 2.50. The average Bonchev–Trinajstić information content (AvgIpc) is 2.85. The number of ether oxygens (including phenoxy) is 5. The Bertz CT molecular complexity index is 1020. The molecule has 0 aliphatic carbocycles. The predicted molar refractivity (Wildman–Crippen MR) is 138 cm³/mol. The van der Waals surface area contributed by atoms with E-state index < -0.39 is 29.1 Å². The highest BCUT2D eigenvalue weighted by molar-refractivity contribution is 5.87. The molecule has 9 heteroatoms. The maximum Gasteiger partial charge on any atom is 0.413 e. The second-order valence-corrected chi connectivity index (χ2v) is 9.83. The van der Waals surface area contributed by atoms with Gasteiger partial charge in [-0.2, -0.15) is 0 Å². The van der Waals surface area contributed by atoms with E-state index in [9.17, 15) is 14.7 Å². The molecule has 2 aromatic carbocycles. The lowest BCUT2D eigenvalue weighted by Crippen LogP contribution is -2.60. The van der Waals surface area contributed by atoms with Gasteiger partial charge in [0.25, 0.3) is 0 Å². The van der Waals surface area contributed by atoms with Gasteiger partial charge in [-0.05, 0) is 57.0 Å². The molecule has 204 valence electrons. The summed E-state index contributed by atoms with van der Waals surface area (Å²) in [5.41, 5.74) is -0.860. The van der Waals surface area contributed by atoms with Crippen LogP contribution >= 0.6 is 0 Å². The molecule has 0 aromatic heterocycles. The minimum Gasteiger partial charge on any atom is -0.508 e. The molecule has 0 spiro atoms. The Morgan fingerprint density at radius 2 is 1.62 bits per heavy atom. The quantitative estimate of drug-likeness (QED) is 0.314. The Kier molecular flexibility index (Phi) is 10.8. The standard InChI is InChI=1S/C28H39NO8/c1-20(21-12-14-23(15-13-21)36-19-34-7)28(5,29(18-33-6)26(32)37-27(2,3)4)25(31)35-17-16-22-10-8-9-11-24(22)30/h8-15,20,30H,16-19H2,1-7H3/t20?,28-/m0/s1. The van der Waals surface area contributed by atoms with Crippen LogP contribution in [0.4, 0.5) is 4.79 Å². The summed E-state index contributed by atoms with van der Waals surface area (Å²) < 4.78 is 27.0. The van der Waals surface area contributed by atoms with Gasteiger partial charge in [-0.1, -0.05) is 37.3 Å². The van der Waals surface area contributed by atoms with Crippen molar-refractivity contribution in [1.29, 1.82) is 0 Å². The van der Waals surface area contributed by atoms with E-state index in [4.69, 9.17) is 23.7 Å². The van der Waals surface area contributed by atoms with Crippen molar-refractivity contribution in [3.8, 4) is 11.5 Å². The number of esters is 1. The molecular formula is C28H39NO8. The normalized spacial score (nSPS) is 13.8. The fourth-order valence-electron chi connectivity index (χ4n) is 3.77. The predicted octanol–water partition coefficient (Wildman–Crippen LogP) is 4.86. The van der Waals surface area contributed by atoms with Gasteiger partial charge in [0.05, 0.1) is 6.61 Å². The Labute approximate surface area is 219 Å². The molecule has 0 bridgehead atoms. The van der Waals surface area contributed by atoms with Crippen molar-refractivity contribution in [3.63, 3.8) is 0 Å². The fourth-order valence-corrected chi connectivity index (χ4v) is 3.77. The summed E-state index contributed by atoms with van der Waals surface area (Å²) in [7, 11) is 2.97. The van der Waals surface area contributed by atoms with E-state index in [-0.39, 0.29) is 25.9 Å². The number of carbonyl (C=O) groups is 2. The van der Waals surface area contributed by atoms with Gasteiger partial charge >= 0.3 is 12.1 Å². The first-order valence-electron chi connectivity index (χ1n) is 12.1. The van der Waals surface area contributed by atoms with Crippen LogP contribution in [0.1, 0.15) is 51.7 Å². The van der Waals surface area contributed by atoms with Crippen LogP contribution in [0.3, 0.4) is 0 Å². The van der Waals surface area contributed by atoms with E-state index in [1.165, 1.54) is 19.1 Å². The molecule has 0 fully saturated rings. The fraction of sp³-hybridized carbons (Fsp3) is 0.500. The monoisotopic (exact) mass is 517 g/mol. The lowest BCUT2D eigenvalue weighted by atomic mass is 9.80. The van der Waals surface area contributed by atoms with Crippen LogP contribution in [0.5, 0.6) is 11.5 Å². The van der Waals surface area contributed by atoms with Crippen LogP contribution in [0, 0.1) is 0 Å². The number of aromatic hydroxyl groups is 1. The molecule has 0 saturated heterocycles. The molecule has 9 nitrogen and oxygen atoms in total. The van der Waals surface area contributed by atoms with Crippen molar-refractivity contribution in [2.45, 2.75) is 58.1 Å². The van der Waals surface area contributed by atoms with Gasteiger partial charge in [-0.3, -0.25) is 4.90 Å². The molecule has 1 unspecified atom stereocenters. The zero-order chi connectivity index (χ0) is 27.6. The highest BCUT2D eigenvalue weighted by atomic mass is 16.7. The molecule has 0 aliphatic rings. The first-order valence-corrected chi connectivity index (χ1v) is 12.1. The molecule has 0 aliphatic heterocycles. The molecule has 2 rings (SSSR count). The number of amides is 1. The number of phenolic OH excluding ortho intramolecular Hbond substituents is 1. The topological polar surface area (TPSA) is 104 Å². The van der Waals surface area contributed by atoms with Crippen LogP contribution in [-0.4, -0.2) is 67.6 Å². The Morgan fingerprint density at radius 3 is 2.19 bits per heavy atom. The third-order valence-electron chi connectivity index (χ3n) is 6.01. The molecule has 0 heterocycles. The smallest absolute Gasteiger partial charge is 0.413 e. The molecular weight excluding hydrogens is 478 g/mol.